The number of rotatable bonds is 5. The molecule has 2 aliphatic heterocycles. The van der Waals surface area contributed by atoms with Gasteiger partial charge in [-0.3, -0.25) is 4.99 Å². The fourth-order valence-corrected chi connectivity index (χ4v) is 3.86. The van der Waals surface area contributed by atoms with Gasteiger partial charge in [0.05, 0.1) is 31.8 Å². The van der Waals surface area contributed by atoms with E-state index >= 15 is 0 Å². The van der Waals surface area contributed by atoms with Gasteiger partial charge in [0, 0.05) is 41.8 Å². The summed E-state index contributed by atoms with van der Waals surface area (Å²) in [6.07, 6.45) is 1.74. The van der Waals surface area contributed by atoms with Crippen LogP contribution < -0.4 is 20.9 Å². The van der Waals surface area contributed by atoms with Crippen LogP contribution in [0.25, 0.3) is 0 Å². The molecule has 0 bridgehead atoms. The largest absolute Gasteiger partial charge is 0.378 e. The van der Waals surface area contributed by atoms with Gasteiger partial charge in [-0.1, -0.05) is 12.1 Å². The molecule has 158 valence electrons. The summed E-state index contributed by atoms with van der Waals surface area (Å²) in [5, 5.41) is 10.2. The molecule has 0 unspecified atom stereocenters. The predicted molar refractivity (Wildman–Crippen MR) is 127 cm³/mol. The molecular formula is C24H26N6O. The summed E-state index contributed by atoms with van der Waals surface area (Å²) >= 11 is 0. The number of pyridine rings is 1. The van der Waals surface area contributed by atoms with Gasteiger partial charge < -0.3 is 25.6 Å². The first kappa shape index (κ1) is 19.4. The quantitative estimate of drug-likeness (QED) is 0.564. The molecule has 3 N–H and O–H groups in total. The molecule has 0 aliphatic carbocycles. The minimum atomic E-state index is 0.592. The molecule has 0 atom stereocenters. The van der Waals surface area contributed by atoms with Crippen molar-refractivity contribution in [2.75, 3.05) is 47.2 Å². The van der Waals surface area contributed by atoms with E-state index in [0.29, 0.717) is 6.54 Å². The second-order valence-corrected chi connectivity index (χ2v) is 7.76. The molecule has 0 amide bonds. The van der Waals surface area contributed by atoms with Crippen molar-refractivity contribution in [2.45, 2.75) is 13.5 Å². The van der Waals surface area contributed by atoms with E-state index in [1.54, 1.807) is 6.34 Å². The number of anilines is 6. The highest BCUT2D eigenvalue weighted by molar-refractivity contribution is 5.85. The molecule has 3 heterocycles. The van der Waals surface area contributed by atoms with Crippen molar-refractivity contribution in [1.82, 2.24) is 4.98 Å². The van der Waals surface area contributed by atoms with Crippen molar-refractivity contribution in [3.8, 4) is 0 Å². The average Bonchev–Trinajstić information content (AvgIpc) is 2.80. The van der Waals surface area contributed by atoms with E-state index in [9.17, 15) is 0 Å². The average molecular weight is 415 g/mol. The maximum Gasteiger partial charge on any atom is 0.140 e. The van der Waals surface area contributed by atoms with Gasteiger partial charge in [-0.05, 0) is 48.9 Å². The van der Waals surface area contributed by atoms with E-state index in [-0.39, 0.29) is 0 Å². The molecule has 2 aliphatic rings. The first-order valence-corrected chi connectivity index (χ1v) is 10.6. The first-order valence-electron chi connectivity index (χ1n) is 10.6. The topological polar surface area (TPSA) is 73.8 Å². The van der Waals surface area contributed by atoms with Crippen LogP contribution in [0.3, 0.4) is 0 Å². The smallest absolute Gasteiger partial charge is 0.140 e. The number of morpholine rings is 1. The summed E-state index contributed by atoms with van der Waals surface area (Å²) in [5.41, 5.74) is 6.48. The molecule has 31 heavy (non-hydrogen) atoms. The maximum absolute atomic E-state index is 5.45. The number of benzene rings is 2. The van der Waals surface area contributed by atoms with Crippen LogP contribution in [0.4, 0.5) is 34.4 Å². The molecule has 2 aromatic carbocycles. The Balaban J connectivity index is 1.40. The number of aryl methyl sites for hydroxylation is 1. The molecule has 1 saturated heterocycles. The van der Waals surface area contributed by atoms with Crippen molar-refractivity contribution in [1.29, 1.82) is 0 Å². The highest BCUT2D eigenvalue weighted by Gasteiger charge is 2.16. The number of fused-ring (bicyclic) bond motifs is 1. The van der Waals surface area contributed by atoms with Gasteiger partial charge in [-0.2, -0.15) is 0 Å². The lowest BCUT2D eigenvalue weighted by atomic mass is 10.1. The fraction of sp³-hybridized carbons (Fsp3) is 0.250. The normalized spacial score (nSPS) is 15.2. The lowest BCUT2D eigenvalue weighted by Gasteiger charge is -2.29. The van der Waals surface area contributed by atoms with E-state index in [0.717, 1.165) is 60.6 Å². The van der Waals surface area contributed by atoms with Crippen LogP contribution in [0.5, 0.6) is 0 Å². The Hall–Kier alpha value is -3.58. The van der Waals surface area contributed by atoms with E-state index in [2.05, 4.69) is 69.2 Å². The Morgan fingerprint density at radius 2 is 1.81 bits per heavy atom. The van der Waals surface area contributed by atoms with E-state index in [4.69, 9.17) is 9.72 Å². The highest BCUT2D eigenvalue weighted by Crippen LogP contribution is 2.32. The van der Waals surface area contributed by atoms with Crippen molar-refractivity contribution in [3.05, 3.63) is 65.7 Å². The number of hydrogen-bond acceptors (Lipinski definition) is 7. The zero-order chi connectivity index (χ0) is 21.0. The SMILES string of the molecule is Cc1cccc(Nc2cc3c(c(Nc4ccc(N5CCOCC5)cc4)n2)CN=CN3)c1. The third-order valence-electron chi connectivity index (χ3n) is 5.48. The second kappa shape index (κ2) is 8.65. The van der Waals surface area contributed by atoms with Crippen molar-refractivity contribution < 1.29 is 4.74 Å². The maximum atomic E-state index is 5.45. The summed E-state index contributed by atoms with van der Waals surface area (Å²) in [4.78, 5) is 11.6. The molecular weight excluding hydrogens is 388 g/mol. The van der Waals surface area contributed by atoms with Crippen LogP contribution in [-0.2, 0) is 11.3 Å². The number of nitrogens with one attached hydrogen (secondary N) is 3. The summed E-state index contributed by atoms with van der Waals surface area (Å²) in [7, 11) is 0. The number of hydrogen-bond donors (Lipinski definition) is 3. The minimum Gasteiger partial charge on any atom is -0.378 e. The predicted octanol–water partition coefficient (Wildman–Crippen LogP) is 4.67. The molecule has 1 fully saturated rings. The Kier molecular flexibility index (Phi) is 5.41. The van der Waals surface area contributed by atoms with Crippen molar-refractivity contribution in [3.63, 3.8) is 0 Å². The molecule has 0 spiro atoms. The summed E-state index contributed by atoms with van der Waals surface area (Å²) in [6.45, 7) is 6.09. The number of aromatic nitrogens is 1. The minimum absolute atomic E-state index is 0.592. The van der Waals surface area contributed by atoms with Crippen LogP contribution in [-0.4, -0.2) is 37.6 Å². The molecule has 3 aromatic rings. The Morgan fingerprint density at radius 1 is 0.968 bits per heavy atom. The zero-order valence-electron chi connectivity index (χ0n) is 17.6. The summed E-state index contributed by atoms with van der Waals surface area (Å²) in [6, 6.07) is 18.8. The van der Waals surface area contributed by atoms with Crippen LogP contribution in [0.1, 0.15) is 11.1 Å². The van der Waals surface area contributed by atoms with Gasteiger partial charge in [-0.25, -0.2) is 4.98 Å². The van der Waals surface area contributed by atoms with Crippen molar-refractivity contribution >= 4 is 40.7 Å². The molecule has 1 aromatic heterocycles. The lowest BCUT2D eigenvalue weighted by Crippen LogP contribution is -2.36. The van der Waals surface area contributed by atoms with Crippen molar-refractivity contribution in [2.24, 2.45) is 4.99 Å². The Labute approximate surface area is 182 Å². The molecule has 7 nitrogen and oxygen atoms in total. The van der Waals surface area contributed by atoms with Gasteiger partial charge in [0.1, 0.15) is 11.6 Å². The molecule has 7 heteroatoms. The van der Waals surface area contributed by atoms with Crippen LogP contribution in [0.2, 0.25) is 0 Å². The third-order valence-corrected chi connectivity index (χ3v) is 5.48. The summed E-state index contributed by atoms with van der Waals surface area (Å²) in [5.74, 6) is 1.58. The highest BCUT2D eigenvalue weighted by atomic mass is 16.5. The Bertz CT molecular complexity index is 1090. The molecule has 0 radical (unpaired) electrons. The number of aliphatic imine (C=N–C) groups is 1. The number of nitrogens with zero attached hydrogens (tertiary/aromatic N) is 3. The molecule has 5 rings (SSSR count). The lowest BCUT2D eigenvalue weighted by molar-refractivity contribution is 0.122. The van der Waals surface area contributed by atoms with E-state index < -0.39 is 0 Å². The van der Waals surface area contributed by atoms with Gasteiger partial charge in [-0.15, -0.1) is 0 Å². The zero-order valence-corrected chi connectivity index (χ0v) is 17.6. The van der Waals surface area contributed by atoms with Crippen LogP contribution in [0, 0.1) is 6.92 Å². The number of ether oxygens (including phenoxy) is 1. The second-order valence-electron chi connectivity index (χ2n) is 7.76. The standard InChI is InChI=1S/C24H26N6O/c1-17-3-2-4-19(13-17)27-23-14-22-21(15-25-16-26-22)24(29-23)28-18-5-7-20(8-6-18)30-9-11-31-12-10-30/h2-8,13-14,16H,9-12,15H2,1H3,(H,25,26)(H2,27,28,29). The fourth-order valence-electron chi connectivity index (χ4n) is 3.86. The van der Waals surface area contributed by atoms with E-state index in [1.165, 1.54) is 11.3 Å². The first-order chi connectivity index (χ1) is 15.2. The van der Waals surface area contributed by atoms with Gasteiger partial charge in [0.2, 0.25) is 0 Å². The Morgan fingerprint density at radius 3 is 2.61 bits per heavy atom. The monoisotopic (exact) mass is 414 g/mol. The van der Waals surface area contributed by atoms with Gasteiger partial charge >= 0.3 is 0 Å². The third kappa shape index (κ3) is 4.46. The summed E-state index contributed by atoms with van der Waals surface area (Å²) < 4.78 is 5.45. The van der Waals surface area contributed by atoms with Gasteiger partial charge in [0.25, 0.3) is 0 Å². The van der Waals surface area contributed by atoms with Crippen LogP contribution in [0.15, 0.2) is 59.6 Å². The van der Waals surface area contributed by atoms with Gasteiger partial charge in [0.15, 0.2) is 0 Å². The van der Waals surface area contributed by atoms with E-state index in [1.807, 2.05) is 18.2 Å². The molecule has 0 saturated carbocycles. The van der Waals surface area contributed by atoms with Crippen LogP contribution >= 0.6 is 0 Å².